The summed E-state index contributed by atoms with van der Waals surface area (Å²) in [5, 5.41) is 4.06. The first-order valence-electron chi connectivity index (χ1n) is 12.7. The van der Waals surface area contributed by atoms with Gasteiger partial charge in [-0.05, 0) is 36.3 Å². The molecule has 2 saturated heterocycles. The quantitative estimate of drug-likeness (QED) is 0.409. The molecular formula is C26H31F3N6O2. The largest absolute Gasteiger partial charge is 0.490 e. The Morgan fingerprint density at radius 1 is 1.00 bits per heavy atom. The third kappa shape index (κ3) is 5.50. The van der Waals surface area contributed by atoms with E-state index in [1.54, 1.807) is 12.4 Å². The molecule has 11 heteroatoms. The normalized spacial score (nSPS) is 22.2. The Morgan fingerprint density at radius 2 is 1.73 bits per heavy atom. The van der Waals surface area contributed by atoms with Crippen LogP contribution in [0.4, 0.5) is 25.1 Å². The van der Waals surface area contributed by atoms with Gasteiger partial charge in [0.1, 0.15) is 5.82 Å². The zero-order valence-corrected chi connectivity index (χ0v) is 21.2. The van der Waals surface area contributed by atoms with E-state index in [1.807, 2.05) is 18.7 Å². The lowest BCUT2D eigenvalue weighted by Gasteiger charge is -2.35. The van der Waals surface area contributed by atoms with Crippen LogP contribution in [0.15, 0.2) is 29.0 Å². The van der Waals surface area contributed by atoms with Crippen molar-refractivity contribution in [1.82, 2.24) is 20.1 Å². The van der Waals surface area contributed by atoms with Gasteiger partial charge < -0.3 is 19.1 Å². The second-order valence-corrected chi connectivity index (χ2v) is 10.3. The van der Waals surface area contributed by atoms with Crippen LogP contribution < -0.4 is 14.5 Å². The van der Waals surface area contributed by atoms with Crippen LogP contribution in [0.1, 0.15) is 56.8 Å². The molecule has 0 amide bonds. The molecule has 0 unspecified atom stereocenters. The Balaban J connectivity index is 1.12. The van der Waals surface area contributed by atoms with Crippen LogP contribution in [0.5, 0.6) is 5.75 Å². The third-order valence-corrected chi connectivity index (χ3v) is 7.33. The molecule has 2 aliphatic heterocycles. The molecule has 3 aromatic rings. The first kappa shape index (κ1) is 25.3. The highest BCUT2D eigenvalue weighted by atomic mass is 19.2. The predicted octanol–water partition coefficient (Wildman–Crippen LogP) is 4.94. The van der Waals surface area contributed by atoms with E-state index < -0.39 is 17.5 Å². The van der Waals surface area contributed by atoms with Gasteiger partial charge in [-0.15, -0.1) is 0 Å². The lowest BCUT2D eigenvalue weighted by atomic mass is 9.88. The molecule has 0 N–H and O–H groups in total. The SMILES string of the molecule is CC(C)c1noc(N2CC[C@@H](COc3cnc(N4CC[C@@H](c5cc(F)c(F)cc5F)C4)nc3)[C@@H](C)C2)n1. The minimum atomic E-state index is -1.18. The summed E-state index contributed by atoms with van der Waals surface area (Å²) in [5.74, 6) is -0.431. The van der Waals surface area contributed by atoms with E-state index in [9.17, 15) is 13.2 Å². The van der Waals surface area contributed by atoms with Crippen LogP contribution in [0.2, 0.25) is 0 Å². The van der Waals surface area contributed by atoms with Crippen molar-refractivity contribution < 1.29 is 22.4 Å². The van der Waals surface area contributed by atoms with Crippen LogP contribution in [-0.4, -0.2) is 52.9 Å². The first-order chi connectivity index (χ1) is 17.8. The maximum atomic E-state index is 14.2. The minimum absolute atomic E-state index is 0.181. The number of hydrogen-bond donors (Lipinski definition) is 0. The maximum absolute atomic E-state index is 14.2. The number of benzene rings is 1. The Hall–Kier alpha value is -3.37. The Bertz CT molecular complexity index is 1220. The second-order valence-electron chi connectivity index (χ2n) is 10.3. The van der Waals surface area contributed by atoms with Gasteiger partial charge in [0.25, 0.3) is 0 Å². The predicted molar refractivity (Wildman–Crippen MR) is 131 cm³/mol. The lowest BCUT2D eigenvalue weighted by molar-refractivity contribution is 0.175. The molecule has 37 heavy (non-hydrogen) atoms. The summed E-state index contributed by atoms with van der Waals surface area (Å²) in [6.45, 7) is 9.49. The van der Waals surface area contributed by atoms with E-state index in [4.69, 9.17) is 9.26 Å². The average molecular weight is 517 g/mol. The van der Waals surface area contributed by atoms with Crippen molar-refractivity contribution in [2.75, 3.05) is 42.6 Å². The fraction of sp³-hybridized carbons (Fsp3) is 0.538. The molecule has 2 aliphatic rings. The molecule has 3 atom stereocenters. The zero-order valence-electron chi connectivity index (χ0n) is 21.2. The summed E-state index contributed by atoms with van der Waals surface area (Å²) >= 11 is 0. The monoisotopic (exact) mass is 516 g/mol. The van der Waals surface area contributed by atoms with E-state index in [-0.39, 0.29) is 17.4 Å². The van der Waals surface area contributed by atoms with Gasteiger partial charge in [0.05, 0.1) is 19.0 Å². The number of nitrogens with zero attached hydrogens (tertiary/aromatic N) is 6. The minimum Gasteiger partial charge on any atom is -0.490 e. The number of anilines is 2. The molecule has 8 nitrogen and oxygen atoms in total. The molecular weight excluding hydrogens is 485 g/mol. The summed E-state index contributed by atoms with van der Waals surface area (Å²) in [6, 6.07) is 2.14. The molecule has 0 spiro atoms. The summed E-state index contributed by atoms with van der Waals surface area (Å²) in [7, 11) is 0. The molecule has 2 fully saturated rings. The standard InChI is InChI=1S/C26H31F3N6O2/c1-15(2)24-32-26(37-33-24)35-7-5-18(16(3)12-35)14-36-19-10-30-25(31-11-19)34-6-4-17(13-34)20-8-22(28)23(29)9-21(20)27/h8-11,15-18H,4-7,12-14H2,1-3H3/t16-,17+,18-/m0/s1. The third-order valence-electron chi connectivity index (χ3n) is 7.33. The second kappa shape index (κ2) is 10.5. The lowest BCUT2D eigenvalue weighted by Crippen LogP contribution is -2.41. The molecule has 2 aromatic heterocycles. The van der Waals surface area contributed by atoms with Crippen molar-refractivity contribution in [2.24, 2.45) is 11.8 Å². The highest BCUT2D eigenvalue weighted by molar-refractivity contribution is 5.37. The molecule has 0 radical (unpaired) electrons. The van der Waals surface area contributed by atoms with Crippen LogP contribution >= 0.6 is 0 Å². The zero-order chi connectivity index (χ0) is 26.1. The Labute approximate surface area is 213 Å². The highest BCUT2D eigenvalue weighted by Crippen LogP contribution is 2.32. The number of hydrogen-bond acceptors (Lipinski definition) is 8. The molecule has 4 heterocycles. The van der Waals surface area contributed by atoms with Crippen molar-refractivity contribution in [3.8, 4) is 5.75 Å². The van der Waals surface area contributed by atoms with E-state index in [0.717, 1.165) is 31.4 Å². The van der Waals surface area contributed by atoms with Crippen molar-refractivity contribution in [3.63, 3.8) is 0 Å². The van der Waals surface area contributed by atoms with Gasteiger partial charge in [-0.25, -0.2) is 23.1 Å². The van der Waals surface area contributed by atoms with Gasteiger partial charge in [-0.1, -0.05) is 25.9 Å². The number of ether oxygens (including phenoxy) is 1. The molecule has 0 bridgehead atoms. The van der Waals surface area contributed by atoms with E-state index in [0.29, 0.717) is 61.7 Å². The van der Waals surface area contributed by atoms with Crippen LogP contribution in [0.3, 0.4) is 0 Å². The van der Waals surface area contributed by atoms with E-state index in [2.05, 4.69) is 31.9 Å². The van der Waals surface area contributed by atoms with Crippen LogP contribution in [-0.2, 0) is 0 Å². The number of halogens is 3. The topological polar surface area (TPSA) is 80.4 Å². The molecule has 0 saturated carbocycles. The number of rotatable bonds is 7. The highest BCUT2D eigenvalue weighted by Gasteiger charge is 2.30. The average Bonchev–Trinajstić information content (AvgIpc) is 3.57. The number of aromatic nitrogens is 4. The summed E-state index contributed by atoms with van der Waals surface area (Å²) < 4.78 is 52.5. The smallest absolute Gasteiger partial charge is 0.324 e. The van der Waals surface area contributed by atoms with Crippen LogP contribution in [0.25, 0.3) is 0 Å². The van der Waals surface area contributed by atoms with Gasteiger partial charge in [-0.3, -0.25) is 0 Å². The Morgan fingerprint density at radius 3 is 2.43 bits per heavy atom. The van der Waals surface area contributed by atoms with E-state index >= 15 is 0 Å². The van der Waals surface area contributed by atoms with Gasteiger partial charge >= 0.3 is 6.01 Å². The number of piperidine rings is 1. The summed E-state index contributed by atoms with van der Waals surface area (Å²) in [4.78, 5) is 17.4. The summed E-state index contributed by atoms with van der Waals surface area (Å²) in [5.41, 5.74) is 0.181. The molecule has 1 aromatic carbocycles. The maximum Gasteiger partial charge on any atom is 0.324 e. The van der Waals surface area contributed by atoms with Crippen molar-refractivity contribution in [3.05, 3.63) is 53.4 Å². The first-order valence-corrected chi connectivity index (χ1v) is 12.7. The van der Waals surface area contributed by atoms with Gasteiger partial charge in [-0.2, -0.15) is 4.98 Å². The van der Waals surface area contributed by atoms with Gasteiger partial charge in [0.2, 0.25) is 5.95 Å². The van der Waals surface area contributed by atoms with Crippen LogP contribution in [0, 0.1) is 29.3 Å². The van der Waals surface area contributed by atoms with Crippen molar-refractivity contribution in [1.29, 1.82) is 0 Å². The van der Waals surface area contributed by atoms with Gasteiger partial charge in [0, 0.05) is 44.1 Å². The Kier molecular flexibility index (Phi) is 7.21. The fourth-order valence-corrected chi connectivity index (χ4v) is 5.00. The summed E-state index contributed by atoms with van der Waals surface area (Å²) in [6.07, 6.45) is 4.82. The fourth-order valence-electron chi connectivity index (χ4n) is 5.00. The molecule has 5 rings (SSSR count). The van der Waals surface area contributed by atoms with Gasteiger partial charge in [0.15, 0.2) is 23.2 Å². The van der Waals surface area contributed by atoms with Crippen molar-refractivity contribution in [2.45, 2.75) is 45.4 Å². The molecule has 198 valence electrons. The molecule has 0 aliphatic carbocycles. The van der Waals surface area contributed by atoms with E-state index in [1.165, 1.54) is 0 Å². The van der Waals surface area contributed by atoms with Crippen molar-refractivity contribution >= 4 is 12.0 Å².